The Bertz CT molecular complexity index is 802. The number of nitrogens with one attached hydrogen (secondary N) is 1. The highest BCUT2D eigenvalue weighted by molar-refractivity contribution is 5.69. The number of hydrogen-bond acceptors (Lipinski definition) is 6. The molecule has 182 valence electrons. The molecule has 0 aromatic carbocycles. The van der Waals surface area contributed by atoms with Crippen LogP contribution in [0.1, 0.15) is 102 Å². The Morgan fingerprint density at radius 3 is 2.28 bits per heavy atom. The molecule has 2 rings (SSSR count). The van der Waals surface area contributed by atoms with Gasteiger partial charge in [0.2, 0.25) is 0 Å². The van der Waals surface area contributed by atoms with Crippen molar-refractivity contribution < 1.29 is 19.4 Å². The second kappa shape index (κ2) is 14.3. The van der Waals surface area contributed by atoms with Gasteiger partial charge in [0.25, 0.3) is 5.56 Å². The van der Waals surface area contributed by atoms with Crippen molar-refractivity contribution in [3.8, 4) is 0 Å². The number of esters is 1. The number of aryl methyl sites for hydroxylation is 1. The van der Waals surface area contributed by atoms with E-state index < -0.39 is 29.7 Å². The van der Waals surface area contributed by atoms with Crippen LogP contribution in [0.5, 0.6) is 0 Å². The predicted octanol–water partition coefficient (Wildman–Crippen LogP) is 3.74. The van der Waals surface area contributed by atoms with Crippen molar-refractivity contribution in [1.82, 2.24) is 9.55 Å². The van der Waals surface area contributed by atoms with E-state index in [1.807, 2.05) is 0 Å². The molecular weight excluding hydrogens is 412 g/mol. The number of carbonyl (C=O) groups is 1. The van der Waals surface area contributed by atoms with Gasteiger partial charge in [-0.25, -0.2) is 4.79 Å². The standard InChI is InChI=1S/C24H40N2O6/c1-3-4-5-6-7-8-9-10-11-12-13-14-22(28)32-19-15-21(31-20(19)17-27)26-16-18(2)23(29)25-24(26)30/h16,19-21,27H,3-15,17H2,1-2H3,(H,25,29,30)/t19-,20+,21+/m0/s1. The Morgan fingerprint density at radius 1 is 1.09 bits per heavy atom. The van der Waals surface area contributed by atoms with Crippen LogP contribution in [-0.2, 0) is 14.3 Å². The van der Waals surface area contributed by atoms with Gasteiger partial charge < -0.3 is 14.6 Å². The molecule has 32 heavy (non-hydrogen) atoms. The number of aliphatic hydroxyl groups excluding tert-OH is 1. The maximum atomic E-state index is 12.3. The highest BCUT2D eigenvalue weighted by Crippen LogP contribution is 2.30. The van der Waals surface area contributed by atoms with E-state index in [-0.39, 0.29) is 19.0 Å². The molecule has 1 aromatic rings. The van der Waals surface area contributed by atoms with E-state index in [9.17, 15) is 19.5 Å². The van der Waals surface area contributed by atoms with E-state index in [4.69, 9.17) is 9.47 Å². The zero-order valence-corrected chi connectivity index (χ0v) is 19.6. The molecule has 1 aliphatic rings. The first-order valence-corrected chi connectivity index (χ1v) is 12.2. The van der Waals surface area contributed by atoms with Crippen LogP contribution in [0.3, 0.4) is 0 Å². The molecule has 3 atom stereocenters. The van der Waals surface area contributed by atoms with Gasteiger partial charge >= 0.3 is 11.7 Å². The Balaban J connectivity index is 1.66. The molecule has 0 radical (unpaired) electrons. The number of ether oxygens (including phenoxy) is 2. The van der Waals surface area contributed by atoms with Crippen molar-refractivity contribution in [2.75, 3.05) is 6.61 Å². The number of nitrogens with zero attached hydrogens (tertiary/aromatic N) is 1. The molecule has 1 aliphatic heterocycles. The molecule has 1 aromatic heterocycles. The quantitative estimate of drug-likeness (QED) is 0.310. The molecule has 1 saturated heterocycles. The highest BCUT2D eigenvalue weighted by Gasteiger charge is 2.38. The van der Waals surface area contributed by atoms with Crippen LogP contribution in [0, 0.1) is 6.92 Å². The molecule has 0 saturated carbocycles. The topological polar surface area (TPSA) is 111 Å². The van der Waals surface area contributed by atoms with E-state index >= 15 is 0 Å². The first-order chi connectivity index (χ1) is 15.5. The second-order valence-electron chi connectivity index (χ2n) is 8.84. The molecule has 0 amide bonds. The zero-order valence-electron chi connectivity index (χ0n) is 19.6. The highest BCUT2D eigenvalue weighted by atomic mass is 16.6. The van der Waals surface area contributed by atoms with Crippen LogP contribution in [0.25, 0.3) is 0 Å². The number of hydrogen-bond donors (Lipinski definition) is 2. The number of aliphatic hydroxyl groups is 1. The van der Waals surface area contributed by atoms with Gasteiger partial charge in [-0.05, 0) is 13.3 Å². The van der Waals surface area contributed by atoms with Gasteiger partial charge in [0, 0.05) is 24.6 Å². The zero-order chi connectivity index (χ0) is 23.3. The summed E-state index contributed by atoms with van der Waals surface area (Å²) in [4.78, 5) is 38.1. The lowest BCUT2D eigenvalue weighted by Crippen LogP contribution is -2.33. The molecule has 0 bridgehead atoms. The van der Waals surface area contributed by atoms with Crippen molar-refractivity contribution in [3.63, 3.8) is 0 Å². The van der Waals surface area contributed by atoms with Crippen LogP contribution in [0.4, 0.5) is 0 Å². The number of H-pyrrole nitrogens is 1. The average Bonchev–Trinajstić information content (AvgIpc) is 3.17. The summed E-state index contributed by atoms with van der Waals surface area (Å²) < 4.78 is 12.5. The monoisotopic (exact) mass is 452 g/mol. The van der Waals surface area contributed by atoms with Gasteiger partial charge in [-0.1, -0.05) is 71.1 Å². The first-order valence-electron chi connectivity index (χ1n) is 12.2. The van der Waals surface area contributed by atoms with E-state index in [2.05, 4.69) is 11.9 Å². The number of aromatic nitrogens is 2. The smallest absolute Gasteiger partial charge is 0.330 e. The summed E-state index contributed by atoms with van der Waals surface area (Å²) in [7, 11) is 0. The summed E-state index contributed by atoms with van der Waals surface area (Å²) in [5.74, 6) is -0.307. The third-order valence-corrected chi connectivity index (χ3v) is 6.08. The van der Waals surface area contributed by atoms with Crippen molar-refractivity contribution >= 4 is 5.97 Å². The molecule has 2 heterocycles. The van der Waals surface area contributed by atoms with Gasteiger partial charge in [-0.2, -0.15) is 0 Å². The average molecular weight is 453 g/mol. The molecular formula is C24H40N2O6. The summed E-state index contributed by atoms with van der Waals surface area (Å²) in [6.07, 6.45) is 13.3. The van der Waals surface area contributed by atoms with Crippen LogP contribution in [0.15, 0.2) is 15.8 Å². The van der Waals surface area contributed by atoms with Crippen LogP contribution < -0.4 is 11.2 Å². The third kappa shape index (κ3) is 8.54. The lowest BCUT2D eigenvalue weighted by Gasteiger charge is -2.16. The minimum atomic E-state index is -0.699. The molecule has 0 spiro atoms. The van der Waals surface area contributed by atoms with E-state index in [1.165, 1.54) is 62.1 Å². The number of carbonyl (C=O) groups excluding carboxylic acids is 1. The fourth-order valence-corrected chi connectivity index (χ4v) is 4.12. The van der Waals surface area contributed by atoms with Crippen LogP contribution in [-0.4, -0.2) is 39.4 Å². The Labute approximate surface area is 190 Å². The summed E-state index contributed by atoms with van der Waals surface area (Å²) in [5, 5.41) is 9.60. The van der Waals surface area contributed by atoms with Gasteiger partial charge in [0.1, 0.15) is 18.4 Å². The van der Waals surface area contributed by atoms with Crippen molar-refractivity contribution in [2.45, 2.75) is 116 Å². The SMILES string of the molecule is CCCCCCCCCCCCCC(=O)O[C@H]1C[C@H](n2cc(C)c(=O)[nH]c2=O)O[C@@H]1CO. The van der Waals surface area contributed by atoms with Crippen molar-refractivity contribution in [3.05, 3.63) is 32.6 Å². The third-order valence-electron chi connectivity index (χ3n) is 6.08. The lowest BCUT2D eigenvalue weighted by molar-refractivity contribution is -0.153. The summed E-state index contributed by atoms with van der Waals surface area (Å²) in [6.45, 7) is 3.51. The molecule has 1 fully saturated rings. The Morgan fingerprint density at radius 2 is 1.69 bits per heavy atom. The number of rotatable bonds is 15. The van der Waals surface area contributed by atoms with Crippen LogP contribution in [0.2, 0.25) is 0 Å². The minimum Gasteiger partial charge on any atom is -0.459 e. The Kier molecular flexibility index (Phi) is 11.7. The maximum Gasteiger partial charge on any atom is 0.330 e. The molecule has 0 aliphatic carbocycles. The number of aromatic amines is 1. The minimum absolute atomic E-state index is 0.251. The van der Waals surface area contributed by atoms with Crippen molar-refractivity contribution in [1.29, 1.82) is 0 Å². The van der Waals surface area contributed by atoms with E-state index in [0.717, 1.165) is 19.3 Å². The van der Waals surface area contributed by atoms with Gasteiger partial charge in [-0.15, -0.1) is 0 Å². The normalized spacial score (nSPS) is 20.5. The van der Waals surface area contributed by atoms with E-state index in [1.54, 1.807) is 6.92 Å². The summed E-state index contributed by atoms with van der Waals surface area (Å²) in [5.41, 5.74) is -0.654. The lowest BCUT2D eigenvalue weighted by atomic mass is 10.1. The summed E-state index contributed by atoms with van der Waals surface area (Å²) >= 11 is 0. The van der Waals surface area contributed by atoms with Crippen LogP contribution >= 0.6 is 0 Å². The maximum absolute atomic E-state index is 12.3. The second-order valence-corrected chi connectivity index (χ2v) is 8.84. The Hall–Kier alpha value is -1.93. The van der Waals surface area contributed by atoms with Gasteiger partial charge in [0.15, 0.2) is 0 Å². The first kappa shape index (κ1) is 26.3. The van der Waals surface area contributed by atoms with Gasteiger partial charge in [0.05, 0.1) is 6.61 Å². The number of unbranched alkanes of at least 4 members (excludes halogenated alkanes) is 10. The molecule has 0 unspecified atom stereocenters. The molecule has 8 nitrogen and oxygen atoms in total. The largest absolute Gasteiger partial charge is 0.459 e. The van der Waals surface area contributed by atoms with Crippen molar-refractivity contribution in [2.24, 2.45) is 0 Å². The fraction of sp³-hybridized carbons (Fsp3) is 0.792. The van der Waals surface area contributed by atoms with Gasteiger partial charge in [-0.3, -0.25) is 19.1 Å². The predicted molar refractivity (Wildman–Crippen MR) is 123 cm³/mol. The molecule has 8 heteroatoms. The van der Waals surface area contributed by atoms with E-state index in [0.29, 0.717) is 12.0 Å². The summed E-state index contributed by atoms with van der Waals surface area (Å²) in [6, 6.07) is 0. The fourth-order valence-electron chi connectivity index (χ4n) is 4.12. The molecule has 2 N–H and O–H groups in total.